The Morgan fingerprint density at radius 1 is 1.29 bits per heavy atom. The van der Waals surface area contributed by atoms with Crippen molar-refractivity contribution in [2.75, 3.05) is 40.3 Å². The first-order valence-corrected chi connectivity index (χ1v) is 7.30. The first kappa shape index (κ1) is 14.9. The van der Waals surface area contributed by atoms with Crippen LogP contribution in [0.2, 0.25) is 0 Å². The molecule has 3 nitrogen and oxygen atoms in total. The summed E-state index contributed by atoms with van der Waals surface area (Å²) in [5, 5.41) is 3.51. The SMILES string of the molecule is CCCC(CNCC)N(C)C1CCN(C)CC1. The standard InChI is InChI=1S/C14H31N3/c1-5-7-14(12-15-6-2)17(4)13-8-10-16(3)11-9-13/h13-15H,5-12H2,1-4H3. The number of nitrogens with one attached hydrogen (secondary N) is 1. The highest BCUT2D eigenvalue weighted by molar-refractivity contribution is 4.82. The third-order valence-electron chi connectivity index (χ3n) is 4.09. The zero-order valence-corrected chi connectivity index (χ0v) is 12.2. The van der Waals surface area contributed by atoms with Crippen molar-refractivity contribution in [1.82, 2.24) is 15.1 Å². The van der Waals surface area contributed by atoms with Crippen LogP contribution >= 0.6 is 0 Å². The van der Waals surface area contributed by atoms with Gasteiger partial charge in [-0.2, -0.15) is 0 Å². The van der Waals surface area contributed by atoms with Gasteiger partial charge in [0.2, 0.25) is 0 Å². The number of nitrogens with zero attached hydrogens (tertiary/aromatic N) is 2. The molecule has 1 unspecified atom stereocenters. The van der Waals surface area contributed by atoms with Gasteiger partial charge in [-0.3, -0.25) is 4.90 Å². The molecule has 1 heterocycles. The van der Waals surface area contributed by atoms with Crippen molar-refractivity contribution >= 4 is 0 Å². The topological polar surface area (TPSA) is 18.5 Å². The van der Waals surface area contributed by atoms with E-state index in [4.69, 9.17) is 0 Å². The molecule has 1 atom stereocenters. The van der Waals surface area contributed by atoms with Crippen LogP contribution in [0.1, 0.15) is 39.5 Å². The minimum Gasteiger partial charge on any atom is -0.315 e. The van der Waals surface area contributed by atoms with Crippen LogP contribution in [-0.2, 0) is 0 Å². The number of piperidine rings is 1. The number of likely N-dealkylation sites (tertiary alicyclic amines) is 1. The van der Waals surface area contributed by atoms with Crippen LogP contribution in [0.3, 0.4) is 0 Å². The van der Waals surface area contributed by atoms with Crippen LogP contribution in [-0.4, -0.2) is 62.2 Å². The first-order valence-electron chi connectivity index (χ1n) is 7.30. The van der Waals surface area contributed by atoms with E-state index in [0.29, 0.717) is 6.04 Å². The Kier molecular flexibility index (Phi) is 7.09. The molecule has 3 heteroatoms. The third kappa shape index (κ3) is 4.94. The molecule has 0 saturated carbocycles. The second-order valence-corrected chi connectivity index (χ2v) is 5.45. The zero-order chi connectivity index (χ0) is 12.7. The van der Waals surface area contributed by atoms with E-state index in [9.17, 15) is 0 Å². The largest absolute Gasteiger partial charge is 0.315 e. The molecule has 102 valence electrons. The van der Waals surface area contributed by atoms with Gasteiger partial charge in [-0.25, -0.2) is 0 Å². The van der Waals surface area contributed by atoms with Crippen LogP contribution in [0.4, 0.5) is 0 Å². The van der Waals surface area contributed by atoms with Crippen LogP contribution in [0.15, 0.2) is 0 Å². The molecule has 0 aliphatic carbocycles. The van der Waals surface area contributed by atoms with Crippen molar-refractivity contribution in [3.8, 4) is 0 Å². The van der Waals surface area contributed by atoms with Gasteiger partial charge in [0, 0.05) is 18.6 Å². The summed E-state index contributed by atoms with van der Waals surface area (Å²) in [5.41, 5.74) is 0. The molecule has 0 aromatic heterocycles. The maximum absolute atomic E-state index is 3.51. The predicted octanol–water partition coefficient (Wildman–Crippen LogP) is 1.79. The molecule has 1 saturated heterocycles. The zero-order valence-electron chi connectivity index (χ0n) is 12.2. The predicted molar refractivity (Wildman–Crippen MR) is 75.5 cm³/mol. The Hall–Kier alpha value is -0.120. The monoisotopic (exact) mass is 241 g/mol. The van der Waals surface area contributed by atoms with Crippen LogP contribution in [0.5, 0.6) is 0 Å². The Balaban J connectivity index is 2.42. The lowest BCUT2D eigenvalue weighted by atomic mass is 10.0. The second-order valence-electron chi connectivity index (χ2n) is 5.45. The van der Waals surface area contributed by atoms with Gasteiger partial charge in [0.05, 0.1) is 0 Å². The molecule has 1 rings (SSSR count). The van der Waals surface area contributed by atoms with E-state index < -0.39 is 0 Å². The number of hydrogen-bond acceptors (Lipinski definition) is 3. The molecule has 0 spiro atoms. The van der Waals surface area contributed by atoms with Crippen LogP contribution in [0, 0.1) is 0 Å². The lowest BCUT2D eigenvalue weighted by Crippen LogP contribution is -2.49. The highest BCUT2D eigenvalue weighted by atomic mass is 15.2. The smallest absolute Gasteiger partial charge is 0.0220 e. The van der Waals surface area contributed by atoms with E-state index in [1.165, 1.54) is 38.8 Å². The first-order chi connectivity index (χ1) is 8.19. The van der Waals surface area contributed by atoms with E-state index in [1.54, 1.807) is 0 Å². The molecule has 1 N–H and O–H groups in total. The van der Waals surface area contributed by atoms with Crippen molar-refractivity contribution in [2.24, 2.45) is 0 Å². The van der Waals surface area contributed by atoms with E-state index in [1.807, 2.05) is 0 Å². The van der Waals surface area contributed by atoms with Crippen LogP contribution in [0.25, 0.3) is 0 Å². The van der Waals surface area contributed by atoms with Gasteiger partial charge >= 0.3 is 0 Å². The lowest BCUT2D eigenvalue weighted by molar-refractivity contribution is 0.101. The van der Waals surface area contributed by atoms with Gasteiger partial charge in [-0.05, 0) is 53.0 Å². The molecule has 1 fully saturated rings. The minimum atomic E-state index is 0.716. The molecule has 0 amide bonds. The number of hydrogen-bond donors (Lipinski definition) is 1. The molecule has 0 aromatic carbocycles. The Morgan fingerprint density at radius 3 is 2.47 bits per heavy atom. The van der Waals surface area contributed by atoms with Crippen molar-refractivity contribution in [2.45, 2.75) is 51.6 Å². The molecule has 17 heavy (non-hydrogen) atoms. The summed E-state index contributed by atoms with van der Waals surface area (Å²) in [6.45, 7) is 9.23. The van der Waals surface area contributed by atoms with Gasteiger partial charge in [-0.15, -0.1) is 0 Å². The molecule has 0 radical (unpaired) electrons. The Labute approximate surface area is 108 Å². The Bertz CT molecular complexity index is 188. The van der Waals surface area contributed by atoms with Crippen molar-refractivity contribution < 1.29 is 0 Å². The Morgan fingerprint density at radius 2 is 1.94 bits per heavy atom. The maximum Gasteiger partial charge on any atom is 0.0220 e. The third-order valence-corrected chi connectivity index (χ3v) is 4.09. The fourth-order valence-electron chi connectivity index (χ4n) is 2.79. The normalized spacial score (nSPS) is 21.0. The summed E-state index contributed by atoms with van der Waals surface area (Å²) < 4.78 is 0. The number of likely N-dealkylation sites (N-methyl/N-ethyl adjacent to an activating group) is 2. The quantitative estimate of drug-likeness (QED) is 0.733. The van der Waals surface area contributed by atoms with Gasteiger partial charge in [0.25, 0.3) is 0 Å². The second kappa shape index (κ2) is 8.06. The van der Waals surface area contributed by atoms with Gasteiger partial charge in [0.15, 0.2) is 0 Å². The minimum absolute atomic E-state index is 0.716. The molecule has 0 aromatic rings. The molecule has 1 aliphatic rings. The fourth-order valence-corrected chi connectivity index (χ4v) is 2.79. The van der Waals surface area contributed by atoms with E-state index in [2.05, 4.69) is 43.1 Å². The summed E-state index contributed by atoms with van der Waals surface area (Å²) in [7, 11) is 4.56. The van der Waals surface area contributed by atoms with Gasteiger partial charge in [0.1, 0.15) is 0 Å². The van der Waals surface area contributed by atoms with Crippen LogP contribution < -0.4 is 5.32 Å². The highest BCUT2D eigenvalue weighted by Gasteiger charge is 2.25. The molecular weight excluding hydrogens is 210 g/mol. The molecule has 1 aliphatic heterocycles. The number of rotatable bonds is 7. The summed E-state index contributed by atoms with van der Waals surface area (Å²) in [4.78, 5) is 5.09. The van der Waals surface area contributed by atoms with Crippen molar-refractivity contribution in [3.63, 3.8) is 0 Å². The van der Waals surface area contributed by atoms with Crippen molar-refractivity contribution in [3.05, 3.63) is 0 Å². The summed E-state index contributed by atoms with van der Waals surface area (Å²) >= 11 is 0. The van der Waals surface area contributed by atoms with Gasteiger partial charge in [-0.1, -0.05) is 20.3 Å². The summed E-state index contributed by atoms with van der Waals surface area (Å²) in [6, 6.07) is 1.51. The fraction of sp³-hybridized carbons (Fsp3) is 1.00. The van der Waals surface area contributed by atoms with Gasteiger partial charge < -0.3 is 10.2 Å². The van der Waals surface area contributed by atoms with E-state index in [-0.39, 0.29) is 0 Å². The van der Waals surface area contributed by atoms with E-state index >= 15 is 0 Å². The van der Waals surface area contributed by atoms with E-state index in [0.717, 1.165) is 19.1 Å². The molecular formula is C14H31N3. The summed E-state index contributed by atoms with van der Waals surface area (Å²) in [5.74, 6) is 0. The maximum atomic E-state index is 3.51. The molecule has 0 bridgehead atoms. The lowest BCUT2D eigenvalue weighted by Gasteiger charge is -2.39. The average Bonchev–Trinajstić information content (AvgIpc) is 2.34. The highest BCUT2D eigenvalue weighted by Crippen LogP contribution is 2.18. The summed E-state index contributed by atoms with van der Waals surface area (Å²) in [6.07, 6.45) is 5.27. The van der Waals surface area contributed by atoms with Crippen molar-refractivity contribution in [1.29, 1.82) is 0 Å². The average molecular weight is 241 g/mol.